The molecule has 2 aromatic carbocycles. The fraction of sp³-hybridized carbons (Fsp3) is 0.346. The van der Waals surface area contributed by atoms with Gasteiger partial charge in [-0.2, -0.15) is 0 Å². The summed E-state index contributed by atoms with van der Waals surface area (Å²) in [5.41, 5.74) is 1.10. The van der Waals surface area contributed by atoms with Gasteiger partial charge in [-0.1, -0.05) is 5.21 Å². The molecule has 0 unspecified atom stereocenters. The van der Waals surface area contributed by atoms with Crippen molar-refractivity contribution in [3.05, 3.63) is 69.8 Å². The van der Waals surface area contributed by atoms with E-state index in [4.69, 9.17) is 9.47 Å². The highest BCUT2D eigenvalue weighted by Gasteiger charge is 2.50. The van der Waals surface area contributed by atoms with Crippen LogP contribution in [0.3, 0.4) is 0 Å². The van der Waals surface area contributed by atoms with E-state index in [-0.39, 0.29) is 21.6 Å². The summed E-state index contributed by atoms with van der Waals surface area (Å²) >= 11 is 4.40. The summed E-state index contributed by atoms with van der Waals surface area (Å²) in [5.74, 6) is -2.19. The third-order valence-corrected chi connectivity index (χ3v) is 8.54. The second-order valence-corrected chi connectivity index (χ2v) is 11.8. The predicted molar refractivity (Wildman–Crippen MR) is 148 cm³/mol. The number of benzene rings is 2. The van der Waals surface area contributed by atoms with Crippen molar-refractivity contribution in [2.24, 2.45) is 0 Å². The number of rotatable bonds is 8. The molecule has 5 atom stereocenters. The van der Waals surface area contributed by atoms with Gasteiger partial charge in [0.2, 0.25) is 0 Å². The Hall–Kier alpha value is -3.35. The van der Waals surface area contributed by atoms with E-state index in [1.165, 1.54) is 36.0 Å². The quantitative estimate of drug-likeness (QED) is 0.183. The second-order valence-electron chi connectivity index (χ2n) is 9.70. The highest BCUT2D eigenvalue weighted by molar-refractivity contribution is 9.10. The maximum Gasteiger partial charge on any atom is 0.261 e. The van der Waals surface area contributed by atoms with Gasteiger partial charge >= 0.3 is 0 Å². The van der Waals surface area contributed by atoms with Crippen LogP contribution < -0.4 is 0 Å². The summed E-state index contributed by atoms with van der Waals surface area (Å²) in [6.45, 7) is 0.183. The number of ether oxygens (including phenoxy) is 2. The van der Waals surface area contributed by atoms with Crippen molar-refractivity contribution in [3.63, 3.8) is 0 Å². The normalized spacial score (nSPS) is 22.6. The molecule has 11 nitrogen and oxygen atoms in total. The summed E-state index contributed by atoms with van der Waals surface area (Å²) in [6, 6.07) is 6.74. The number of aliphatic hydroxyl groups excluding tert-OH is 2. The molecule has 0 amide bonds. The fourth-order valence-electron chi connectivity index (χ4n) is 5.06. The van der Waals surface area contributed by atoms with Crippen LogP contribution in [0.4, 0.5) is 17.6 Å². The van der Waals surface area contributed by atoms with Gasteiger partial charge < -0.3 is 19.7 Å². The lowest BCUT2D eigenvalue weighted by Gasteiger charge is -2.43. The minimum absolute atomic E-state index is 0.0937. The van der Waals surface area contributed by atoms with E-state index in [0.717, 1.165) is 19.9 Å². The first kappa shape index (κ1) is 29.7. The van der Waals surface area contributed by atoms with Crippen LogP contribution in [0, 0.1) is 18.6 Å². The first-order chi connectivity index (χ1) is 20.7. The van der Waals surface area contributed by atoms with E-state index in [9.17, 15) is 27.8 Å². The van der Waals surface area contributed by atoms with Gasteiger partial charge in [0.05, 0.1) is 32.5 Å². The van der Waals surface area contributed by atoms with Gasteiger partial charge in [-0.3, -0.25) is 4.57 Å². The molecule has 1 fully saturated rings. The highest BCUT2D eigenvalue weighted by Crippen LogP contribution is 2.41. The summed E-state index contributed by atoms with van der Waals surface area (Å²) in [6.07, 6.45) is -5.66. The zero-order chi connectivity index (χ0) is 30.4. The number of nitrogens with zero attached hydrogens (tertiary/aromatic N) is 7. The van der Waals surface area contributed by atoms with Crippen molar-refractivity contribution < 1.29 is 37.2 Å². The Morgan fingerprint density at radius 3 is 2.74 bits per heavy atom. The predicted octanol–water partition coefficient (Wildman–Crippen LogP) is 4.17. The molecule has 0 bridgehead atoms. The van der Waals surface area contributed by atoms with Crippen molar-refractivity contribution in [3.8, 4) is 16.9 Å². The van der Waals surface area contributed by atoms with Crippen molar-refractivity contribution >= 4 is 37.5 Å². The van der Waals surface area contributed by atoms with Crippen molar-refractivity contribution in [2.75, 3.05) is 13.2 Å². The third-order valence-electron chi connectivity index (χ3n) is 6.99. The summed E-state index contributed by atoms with van der Waals surface area (Å²) in [7, 11) is 0. The van der Waals surface area contributed by atoms with Crippen LogP contribution in [0.1, 0.15) is 23.0 Å². The molecule has 3 aromatic heterocycles. The number of aryl methyl sites for hydroxylation is 1. The van der Waals surface area contributed by atoms with Crippen LogP contribution in [0.5, 0.6) is 0 Å². The largest absolute Gasteiger partial charge is 0.394 e. The number of halogens is 5. The molecular formula is C26H22BrF4N7O4S. The minimum atomic E-state index is -2.88. The van der Waals surface area contributed by atoms with Gasteiger partial charge in [0, 0.05) is 11.3 Å². The molecule has 0 spiro atoms. The molecule has 4 heterocycles. The number of thiazole rings is 1. The molecule has 6 rings (SSSR count). The van der Waals surface area contributed by atoms with Crippen LogP contribution >= 0.6 is 27.3 Å². The molecule has 0 aliphatic carbocycles. The SMILES string of the molecule is Cc1nc2ccc(-n3cnnc3[C@@H]3O[C@H](CO)[C@H](O)[C@H](n4cc(-c5ccc(Br)c(F)c5F)nn4)[C@H]3OCC(F)F)cc2s1. The number of hydrogen-bond acceptors (Lipinski definition) is 10. The summed E-state index contributed by atoms with van der Waals surface area (Å²) in [5, 5.41) is 38.3. The van der Waals surface area contributed by atoms with Crippen LogP contribution in [0.2, 0.25) is 0 Å². The monoisotopic (exact) mass is 683 g/mol. The highest BCUT2D eigenvalue weighted by atomic mass is 79.9. The van der Waals surface area contributed by atoms with Gasteiger partial charge in [-0.25, -0.2) is 27.2 Å². The molecule has 17 heteroatoms. The Bertz CT molecular complexity index is 1770. The Kier molecular flexibility index (Phi) is 8.27. The average molecular weight is 684 g/mol. The van der Waals surface area contributed by atoms with E-state index in [0.29, 0.717) is 5.69 Å². The second kappa shape index (κ2) is 12.0. The lowest BCUT2D eigenvalue weighted by molar-refractivity contribution is -0.229. The Balaban J connectivity index is 1.43. The molecule has 1 aliphatic heterocycles. The number of alkyl halides is 2. The fourth-order valence-corrected chi connectivity index (χ4v) is 6.23. The van der Waals surface area contributed by atoms with Gasteiger partial charge in [-0.05, 0) is 53.2 Å². The van der Waals surface area contributed by atoms with Crippen LogP contribution in [0.15, 0.2) is 47.3 Å². The lowest BCUT2D eigenvalue weighted by atomic mass is 9.91. The van der Waals surface area contributed by atoms with Crippen LogP contribution in [-0.4, -0.2) is 82.9 Å². The zero-order valence-electron chi connectivity index (χ0n) is 22.1. The smallest absolute Gasteiger partial charge is 0.261 e. The van der Waals surface area contributed by atoms with E-state index in [1.807, 2.05) is 19.1 Å². The molecule has 0 radical (unpaired) electrons. The first-order valence-corrected chi connectivity index (χ1v) is 14.4. The first-order valence-electron chi connectivity index (χ1n) is 12.8. The zero-order valence-corrected chi connectivity index (χ0v) is 24.5. The summed E-state index contributed by atoms with van der Waals surface area (Å²) < 4.78 is 70.9. The topological polar surface area (TPSA) is 133 Å². The van der Waals surface area contributed by atoms with Crippen molar-refractivity contribution in [1.82, 2.24) is 34.7 Å². The van der Waals surface area contributed by atoms with E-state index in [2.05, 4.69) is 41.4 Å². The van der Waals surface area contributed by atoms with Crippen LogP contribution in [0.25, 0.3) is 27.2 Å². The molecular weight excluding hydrogens is 662 g/mol. The number of aliphatic hydroxyl groups is 2. The Morgan fingerprint density at radius 1 is 1.16 bits per heavy atom. The minimum Gasteiger partial charge on any atom is -0.394 e. The Labute approximate surface area is 252 Å². The van der Waals surface area contributed by atoms with E-state index in [1.54, 1.807) is 10.6 Å². The number of hydrogen-bond donors (Lipinski definition) is 2. The molecule has 2 N–H and O–H groups in total. The maximum atomic E-state index is 14.7. The number of aromatic nitrogens is 7. The molecule has 43 heavy (non-hydrogen) atoms. The molecule has 226 valence electrons. The lowest BCUT2D eigenvalue weighted by Crippen LogP contribution is -2.54. The van der Waals surface area contributed by atoms with E-state index < -0.39 is 61.7 Å². The molecule has 1 saturated heterocycles. The molecule has 0 saturated carbocycles. The number of fused-ring (bicyclic) bond motifs is 1. The standard InChI is InChI=1S/C26H22BrF4N7O4S/c1-11-33-15-5-2-12(6-18(15)43-11)37-10-32-35-26(37)25-24(41-9-19(28)29)22(23(40)17(8-39)42-25)38-7-16(34-36-38)13-3-4-14(27)21(31)20(13)30/h2-7,10,17,19,22-25,39-40H,8-9H2,1H3/t17-,22+,23+,24-,25-/m1/s1. The van der Waals surface area contributed by atoms with Crippen LogP contribution in [-0.2, 0) is 9.47 Å². The molecule has 5 aromatic rings. The average Bonchev–Trinajstić information content (AvgIpc) is 3.74. The van der Waals surface area contributed by atoms with E-state index >= 15 is 0 Å². The van der Waals surface area contributed by atoms with Crippen molar-refractivity contribution in [1.29, 1.82) is 0 Å². The Morgan fingerprint density at radius 2 is 1.98 bits per heavy atom. The van der Waals surface area contributed by atoms with Gasteiger partial charge in [0.25, 0.3) is 6.43 Å². The maximum absolute atomic E-state index is 14.7. The third kappa shape index (κ3) is 5.56. The van der Waals surface area contributed by atoms with Gasteiger partial charge in [0.1, 0.15) is 49.1 Å². The van der Waals surface area contributed by atoms with Crippen molar-refractivity contribution in [2.45, 2.75) is 43.8 Å². The van der Waals surface area contributed by atoms with Gasteiger partial charge in [0.15, 0.2) is 17.5 Å². The van der Waals surface area contributed by atoms with Gasteiger partial charge in [-0.15, -0.1) is 26.6 Å². The molecule has 1 aliphatic rings. The summed E-state index contributed by atoms with van der Waals surface area (Å²) in [4.78, 5) is 4.46.